The van der Waals surface area contributed by atoms with Gasteiger partial charge in [-0.2, -0.15) is 9.71 Å². The highest BCUT2D eigenvalue weighted by atomic mass is 35.5. The van der Waals surface area contributed by atoms with Crippen LogP contribution in [-0.2, 0) is 10.3 Å². The minimum absolute atomic E-state index is 0.269. The van der Waals surface area contributed by atoms with Crippen molar-refractivity contribution < 1.29 is 14.0 Å². The molecule has 0 amide bonds. The molecule has 0 radical (unpaired) electrons. The van der Waals surface area contributed by atoms with Crippen molar-refractivity contribution in [1.82, 2.24) is 19.5 Å². The Labute approximate surface area is 165 Å². The first-order valence-corrected chi connectivity index (χ1v) is 9.50. The van der Waals surface area contributed by atoms with Crippen LogP contribution in [0.3, 0.4) is 0 Å². The number of para-hydroxylation sites is 1. The molecule has 3 aromatic heterocycles. The Bertz CT molecular complexity index is 1210. The number of rotatable bonds is 3. The summed E-state index contributed by atoms with van der Waals surface area (Å²) in [7, 11) is 1.67. The van der Waals surface area contributed by atoms with E-state index in [1.54, 1.807) is 32.5 Å². The molecular weight excluding hydrogens is 382 g/mol. The van der Waals surface area contributed by atoms with Crippen LogP contribution in [0.4, 0.5) is 0 Å². The third-order valence-corrected chi connectivity index (χ3v) is 5.99. The lowest BCUT2D eigenvalue weighted by Crippen LogP contribution is -2.32. The van der Waals surface area contributed by atoms with Gasteiger partial charge in [0.15, 0.2) is 5.69 Å². The van der Waals surface area contributed by atoms with E-state index in [0.717, 1.165) is 30.4 Å². The predicted molar refractivity (Wildman–Crippen MR) is 102 cm³/mol. The fraction of sp³-hybridized carbons (Fsp3) is 0.368. The summed E-state index contributed by atoms with van der Waals surface area (Å²) in [6.07, 6.45) is 5.48. The molecular formula is C19H18ClN5O3. The maximum absolute atomic E-state index is 12.9. The third-order valence-electron chi connectivity index (χ3n) is 5.68. The normalized spacial score (nSPS) is 16.4. The lowest BCUT2D eigenvalue weighted by Gasteiger charge is -2.22. The van der Waals surface area contributed by atoms with Crippen LogP contribution in [0.1, 0.15) is 37.2 Å². The monoisotopic (exact) mass is 399 g/mol. The first-order valence-electron chi connectivity index (χ1n) is 9.13. The van der Waals surface area contributed by atoms with E-state index in [0.29, 0.717) is 38.8 Å². The van der Waals surface area contributed by atoms with Crippen LogP contribution < -0.4 is 4.73 Å². The van der Waals surface area contributed by atoms with Crippen molar-refractivity contribution in [3.8, 4) is 11.6 Å². The van der Waals surface area contributed by atoms with Gasteiger partial charge in [-0.3, -0.25) is 4.40 Å². The second-order valence-electron chi connectivity index (χ2n) is 7.13. The lowest BCUT2D eigenvalue weighted by molar-refractivity contribution is -0.583. The average Bonchev–Trinajstić information content (AvgIpc) is 3.44. The Morgan fingerprint density at radius 1 is 1.32 bits per heavy atom. The van der Waals surface area contributed by atoms with Gasteiger partial charge in [0, 0.05) is 14.0 Å². The molecule has 4 aromatic rings. The number of imidazole rings is 1. The molecule has 1 aliphatic carbocycles. The molecule has 0 atom stereocenters. The molecule has 0 N–H and O–H groups in total. The van der Waals surface area contributed by atoms with E-state index in [2.05, 4.69) is 15.1 Å². The zero-order chi connectivity index (χ0) is 19.5. The fourth-order valence-electron chi connectivity index (χ4n) is 4.17. The smallest absolute Gasteiger partial charge is 0.279 e. The van der Waals surface area contributed by atoms with Gasteiger partial charge in [-0.15, -0.1) is 0 Å². The minimum Gasteiger partial charge on any atom is -0.618 e. The Kier molecular flexibility index (Phi) is 3.82. The van der Waals surface area contributed by atoms with E-state index in [4.69, 9.17) is 20.9 Å². The van der Waals surface area contributed by atoms with Crippen molar-refractivity contribution in [2.24, 2.45) is 0 Å². The first-order chi connectivity index (χ1) is 13.6. The predicted octanol–water partition coefficient (Wildman–Crippen LogP) is 3.55. The molecule has 5 rings (SSSR count). The van der Waals surface area contributed by atoms with Gasteiger partial charge in [0.2, 0.25) is 11.5 Å². The molecule has 1 aromatic carbocycles. The van der Waals surface area contributed by atoms with Crippen LogP contribution in [0, 0.1) is 12.1 Å². The summed E-state index contributed by atoms with van der Waals surface area (Å²) in [5.41, 5.74) is 2.07. The van der Waals surface area contributed by atoms with Crippen LogP contribution >= 0.6 is 11.6 Å². The van der Waals surface area contributed by atoms with Crippen LogP contribution in [0.25, 0.3) is 28.1 Å². The number of aryl methyl sites for hydroxylation is 1. The first kappa shape index (κ1) is 17.4. The number of benzene rings is 1. The number of nitrogens with zero attached hydrogens (tertiary/aromatic N) is 5. The molecule has 28 heavy (non-hydrogen) atoms. The van der Waals surface area contributed by atoms with Gasteiger partial charge in [-0.05, 0) is 37.8 Å². The Morgan fingerprint density at radius 3 is 2.86 bits per heavy atom. The summed E-state index contributed by atoms with van der Waals surface area (Å²) >= 11 is 6.26. The zero-order valence-electron chi connectivity index (χ0n) is 15.5. The van der Waals surface area contributed by atoms with Crippen LogP contribution in [0.2, 0.25) is 5.02 Å². The second-order valence-corrected chi connectivity index (χ2v) is 7.54. The number of hydrogen-bond donors (Lipinski definition) is 0. The Balaban J connectivity index is 1.72. The van der Waals surface area contributed by atoms with Crippen molar-refractivity contribution in [1.29, 1.82) is 0 Å². The van der Waals surface area contributed by atoms with Gasteiger partial charge in [0.05, 0.1) is 0 Å². The number of fused-ring (bicyclic) bond motifs is 3. The summed E-state index contributed by atoms with van der Waals surface area (Å²) in [6, 6.07) is 5.31. The number of ether oxygens (including phenoxy) is 1. The quantitative estimate of drug-likeness (QED) is 0.386. The molecule has 0 spiro atoms. The van der Waals surface area contributed by atoms with E-state index in [9.17, 15) is 5.21 Å². The summed E-state index contributed by atoms with van der Waals surface area (Å²) in [6.45, 7) is 1.72. The van der Waals surface area contributed by atoms with Gasteiger partial charge in [-0.1, -0.05) is 22.8 Å². The summed E-state index contributed by atoms with van der Waals surface area (Å²) < 4.78 is 13.9. The molecule has 0 unspecified atom stereocenters. The fourth-order valence-corrected chi connectivity index (χ4v) is 4.41. The van der Waals surface area contributed by atoms with Gasteiger partial charge < -0.3 is 14.5 Å². The molecule has 9 heteroatoms. The summed E-state index contributed by atoms with van der Waals surface area (Å²) in [4.78, 5) is 9.05. The number of methoxy groups -OCH3 is 1. The highest BCUT2D eigenvalue weighted by molar-refractivity contribution is 6.34. The molecule has 1 fully saturated rings. The maximum Gasteiger partial charge on any atom is 0.279 e. The molecule has 0 saturated heterocycles. The standard InChI is InChI=1S/C19H18ClN5O3/c1-11-15-14(17-22-18(23-28-17)19(27-2)8-3-4-9-19)21-10-24(15)13-7-5-6-12(20)16(13)25(11)26/h5-7,10H,3-4,8-9H2,1-2H3. The third kappa shape index (κ3) is 2.28. The second kappa shape index (κ2) is 6.15. The minimum atomic E-state index is -0.509. The topological polar surface area (TPSA) is 92.4 Å². The van der Waals surface area contributed by atoms with E-state index < -0.39 is 5.60 Å². The maximum atomic E-state index is 12.9. The molecule has 1 saturated carbocycles. The van der Waals surface area contributed by atoms with Crippen LogP contribution in [0.5, 0.6) is 0 Å². The van der Waals surface area contributed by atoms with Crippen molar-refractivity contribution in [2.45, 2.75) is 38.2 Å². The molecule has 3 heterocycles. The van der Waals surface area contributed by atoms with E-state index in [1.165, 1.54) is 0 Å². The summed E-state index contributed by atoms with van der Waals surface area (Å²) in [5, 5.41) is 17.4. The number of halogens is 1. The van der Waals surface area contributed by atoms with Crippen LogP contribution in [0.15, 0.2) is 29.0 Å². The van der Waals surface area contributed by atoms with Gasteiger partial charge in [-0.25, -0.2) is 4.98 Å². The Hall–Kier alpha value is -2.71. The summed E-state index contributed by atoms with van der Waals surface area (Å²) in [5.74, 6) is 0.797. The molecule has 144 valence electrons. The van der Waals surface area contributed by atoms with Crippen molar-refractivity contribution in [2.75, 3.05) is 7.11 Å². The Morgan fingerprint density at radius 2 is 2.11 bits per heavy atom. The molecule has 0 aliphatic heterocycles. The number of aromatic nitrogens is 5. The van der Waals surface area contributed by atoms with E-state index >= 15 is 0 Å². The van der Waals surface area contributed by atoms with Gasteiger partial charge in [0.25, 0.3) is 11.4 Å². The van der Waals surface area contributed by atoms with Crippen molar-refractivity contribution in [3.05, 3.63) is 46.3 Å². The zero-order valence-corrected chi connectivity index (χ0v) is 16.2. The van der Waals surface area contributed by atoms with E-state index in [-0.39, 0.29) is 5.89 Å². The van der Waals surface area contributed by atoms with Crippen molar-refractivity contribution in [3.63, 3.8) is 0 Å². The molecule has 8 nitrogen and oxygen atoms in total. The van der Waals surface area contributed by atoms with Gasteiger partial charge in [0.1, 0.15) is 28.0 Å². The van der Waals surface area contributed by atoms with E-state index in [1.807, 2.05) is 10.5 Å². The SMILES string of the molecule is COC1(c2noc(-c3ncn4c3c(C)[n+]([O-])c3c(Cl)cccc34)n2)CCCC1. The lowest BCUT2D eigenvalue weighted by atomic mass is 10.0. The number of hydrogen-bond acceptors (Lipinski definition) is 6. The van der Waals surface area contributed by atoms with Gasteiger partial charge >= 0.3 is 0 Å². The molecule has 0 bridgehead atoms. The average molecular weight is 400 g/mol. The van der Waals surface area contributed by atoms with Crippen molar-refractivity contribution >= 4 is 28.2 Å². The highest BCUT2D eigenvalue weighted by Crippen LogP contribution is 2.41. The largest absolute Gasteiger partial charge is 0.618 e. The highest BCUT2D eigenvalue weighted by Gasteiger charge is 2.40. The molecule has 1 aliphatic rings. The van der Waals surface area contributed by atoms with Crippen LogP contribution in [-0.4, -0.2) is 26.6 Å².